The molecular weight excluding hydrogens is 250 g/mol. The van der Waals surface area contributed by atoms with Crippen LogP contribution in [0.2, 0.25) is 0 Å². The first-order valence-corrected chi connectivity index (χ1v) is 7.24. The van der Waals surface area contributed by atoms with Crippen molar-refractivity contribution >= 4 is 23.5 Å². The standard InChI is InChI=1S/C13H19NO3S/c1-4-17-12(16)9-7-18-11-8(14-9)5-13(2,3)6-10(11)15/h9,14H,4-7H2,1-3H3. The van der Waals surface area contributed by atoms with Gasteiger partial charge in [0, 0.05) is 17.9 Å². The maximum atomic E-state index is 12.0. The fraction of sp³-hybridized carbons (Fsp3) is 0.692. The molecule has 2 aliphatic rings. The number of esters is 1. The van der Waals surface area contributed by atoms with Gasteiger partial charge in [-0.1, -0.05) is 13.8 Å². The molecule has 0 amide bonds. The van der Waals surface area contributed by atoms with E-state index in [1.165, 1.54) is 11.8 Å². The minimum Gasteiger partial charge on any atom is -0.464 e. The number of ketones is 1. The Hall–Kier alpha value is -0.970. The van der Waals surface area contributed by atoms with E-state index >= 15 is 0 Å². The number of hydrogen-bond donors (Lipinski definition) is 1. The zero-order valence-corrected chi connectivity index (χ0v) is 11.9. The first kappa shape index (κ1) is 13.5. The topological polar surface area (TPSA) is 55.4 Å². The SMILES string of the molecule is CCOC(=O)C1CSC2=C(CC(C)(C)CC2=O)N1. The van der Waals surface area contributed by atoms with Gasteiger partial charge in [-0.2, -0.15) is 0 Å². The van der Waals surface area contributed by atoms with Crippen LogP contribution in [0.1, 0.15) is 33.6 Å². The van der Waals surface area contributed by atoms with E-state index in [-0.39, 0.29) is 23.2 Å². The van der Waals surface area contributed by atoms with Crippen LogP contribution in [0.3, 0.4) is 0 Å². The van der Waals surface area contributed by atoms with Crippen molar-refractivity contribution in [3.8, 4) is 0 Å². The lowest BCUT2D eigenvalue weighted by Gasteiger charge is -2.36. The van der Waals surface area contributed by atoms with Gasteiger partial charge in [0.25, 0.3) is 0 Å². The number of hydrogen-bond acceptors (Lipinski definition) is 5. The van der Waals surface area contributed by atoms with Crippen LogP contribution in [0.5, 0.6) is 0 Å². The van der Waals surface area contributed by atoms with Gasteiger partial charge in [-0.25, -0.2) is 4.79 Å². The summed E-state index contributed by atoms with van der Waals surface area (Å²) in [5.41, 5.74) is 0.894. The van der Waals surface area contributed by atoms with E-state index in [9.17, 15) is 9.59 Å². The summed E-state index contributed by atoms with van der Waals surface area (Å²) >= 11 is 1.49. The van der Waals surface area contributed by atoms with Crippen molar-refractivity contribution in [2.45, 2.75) is 39.7 Å². The minimum atomic E-state index is -0.324. The van der Waals surface area contributed by atoms with Crippen LogP contribution in [0, 0.1) is 5.41 Å². The molecule has 4 nitrogen and oxygen atoms in total. The van der Waals surface area contributed by atoms with Gasteiger partial charge < -0.3 is 10.1 Å². The van der Waals surface area contributed by atoms with Crippen molar-refractivity contribution < 1.29 is 14.3 Å². The van der Waals surface area contributed by atoms with Crippen LogP contribution < -0.4 is 5.32 Å². The molecule has 0 aromatic rings. The van der Waals surface area contributed by atoms with E-state index in [0.29, 0.717) is 18.8 Å². The van der Waals surface area contributed by atoms with Crippen molar-refractivity contribution in [3.05, 3.63) is 10.6 Å². The normalized spacial score (nSPS) is 26.4. The van der Waals surface area contributed by atoms with Crippen molar-refractivity contribution in [1.29, 1.82) is 0 Å². The van der Waals surface area contributed by atoms with Gasteiger partial charge in [0.2, 0.25) is 0 Å². The minimum absolute atomic E-state index is 0.0278. The lowest BCUT2D eigenvalue weighted by Crippen LogP contribution is -2.45. The zero-order chi connectivity index (χ0) is 13.3. The van der Waals surface area contributed by atoms with Crippen LogP contribution in [-0.4, -0.2) is 30.2 Å². The van der Waals surface area contributed by atoms with Gasteiger partial charge in [-0.3, -0.25) is 4.79 Å². The highest BCUT2D eigenvalue weighted by Gasteiger charge is 2.38. The molecule has 0 radical (unpaired) electrons. The van der Waals surface area contributed by atoms with Gasteiger partial charge in [0.1, 0.15) is 6.04 Å². The molecule has 0 aromatic carbocycles. The highest BCUT2D eigenvalue weighted by Crippen LogP contribution is 2.41. The second-order valence-corrected chi connectivity index (χ2v) is 6.54. The Balaban J connectivity index is 2.14. The lowest BCUT2D eigenvalue weighted by molar-refractivity contribution is -0.145. The fourth-order valence-electron chi connectivity index (χ4n) is 2.38. The van der Waals surface area contributed by atoms with Gasteiger partial charge in [0.05, 0.1) is 11.5 Å². The van der Waals surface area contributed by atoms with Crippen molar-refractivity contribution in [3.63, 3.8) is 0 Å². The Kier molecular flexibility index (Phi) is 3.71. The lowest BCUT2D eigenvalue weighted by atomic mass is 9.78. The largest absolute Gasteiger partial charge is 0.464 e. The molecule has 2 rings (SSSR count). The summed E-state index contributed by atoms with van der Waals surface area (Å²) in [7, 11) is 0. The molecule has 1 aliphatic heterocycles. The molecule has 0 fully saturated rings. The molecule has 0 spiro atoms. The molecule has 1 unspecified atom stereocenters. The summed E-state index contributed by atoms with van der Waals surface area (Å²) in [6.07, 6.45) is 1.40. The zero-order valence-electron chi connectivity index (χ0n) is 11.0. The van der Waals surface area contributed by atoms with Gasteiger partial charge in [0.15, 0.2) is 5.78 Å². The Labute approximate surface area is 112 Å². The molecule has 18 heavy (non-hydrogen) atoms. The molecule has 5 heteroatoms. The molecular formula is C13H19NO3S. The maximum absolute atomic E-state index is 12.0. The predicted octanol–water partition coefficient (Wildman–Crippen LogP) is 1.86. The molecule has 1 atom stereocenters. The highest BCUT2D eigenvalue weighted by atomic mass is 32.2. The Bertz CT molecular complexity index is 414. The molecule has 1 heterocycles. The number of thioether (sulfide) groups is 1. The van der Waals surface area contributed by atoms with Crippen LogP contribution in [0.25, 0.3) is 0 Å². The van der Waals surface area contributed by atoms with Gasteiger partial charge >= 0.3 is 5.97 Å². The Morgan fingerprint density at radius 2 is 2.22 bits per heavy atom. The molecule has 0 saturated heterocycles. The number of carbonyl (C=O) groups excluding carboxylic acids is 2. The van der Waals surface area contributed by atoms with Crippen molar-refractivity contribution in [2.24, 2.45) is 5.41 Å². The second-order valence-electron chi connectivity index (χ2n) is 5.51. The van der Waals surface area contributed by atoms with Crippen LogP contribution in [-0.2, 0) is 14.3 Å². The first-order valence-electron chi connectivity index (χ1n) is 6.25. The number of nitrogens with one attached hydrogen (secondary N) is 1. The smallest absolute Gasteiger partial charge is 0.329 e. The molecule has 0 aromatic heterocycles. The number of rotatable bonds is 2. The Morgan fingerprint density at radius 3 is 2.89 bits per heavy atom. The van der Waals surface area contributed by atoms with E-state index in [1.807, 2.05) is 0 Å². The molecule has 100 valence electrons. The Morgan fingerprint density at radius 1 is 1.50 bits per heavy atom. The number of Topliss-reactive ketones (excluding diaryl/α,β-unsaturated/α-hetero) is 1. The second kappa shape index (κ2) is 4.96. The molecule has 0 saturated carbocycles. The number of allylic oxidation sites excluding steroid dienone is 2. The van der Waals surface area contributed by atoms with Gasteiger partial charge in [-0.15, -0.1) is 11.8 Å². The monoisotopic (exact) mass is 269 g/mol. The number of carbonyl (C=O) groups is 2. The summed E-state index contributed by atoms with van der Waals surface area (Å²) in [6, 6.07) is -0.324. The van der Waals surface area contributed by atoms with Crippen molar-refractivity contribution in [1.82, 2.24) is 5.32 Å². The first-order chi connectivity index (χ1) is 8.43. The summed E-state index contributed by atoms with van der Waals surface area (Å²) in [4.78, 5) is 24.5. The van der Waals surface area contributed by atoms with Crippen LogP contribution in [0.15, 0.2) is 10.6 Å². The van der Waals surface area contributed by atoms with E-state index in [2.05, 4.69) is 19.2 Å². The molecule has 0 bridgehead atoms. The van der Waals surface area contributed by atoms with E-state index < -0.39 is 0 Å². The third-order valence-electron chi connectivity index (χ3n) is 3.14. The van der Waals surface area contributed by atoms with E-state index in [4.69, 9.17) is 4.74 Å². The van der Waals surface area contributed by atoms with Gasteiger partial charge in [-0.05, 0) is 18.8 Å². The average molecular weight is 269 g/mol. The van der Waals surface area contributed by atoms with Crippen LogP contribution in [0.4, 0.5) is 0 Å². The highest BCUT2D eigenvalue weighted by molar-refractivity contribution is 8.04. The number of ether oxygens (including phenoxy) is 1. The summed E-state index contributed by atoms with van der Waals surface area (Å²) < 4.78 is 5.02. The third-order valence-corrected chi connectivity index (χ3v) is 4.40. The maximum Gasteiger partial charge on any atom is 0.329 e. The van der Waals surface area contributed by atoms with E-state index in [1.54, 1.807) is 6.92 Å². The van der Waals surface area contributed by atoms with Crippen LogP contribution >= 0.6 is 11.8 Å². The molecule has 1 aliphatic carbocycles. The predicted molar refractivity (Wildman–Crippen MR) is 71.1 cm³/mol. The molecule has 1 N–H and O–H groups in total. The third kappa shape index (κ3) is 2.71. The fourth-order valence-corrected chi connectivity index (χ4v) is 3.47. The summed E-state index contributed by atoms with van der Waals surface area (Å²) in [5, 5.41) is 3.19. The van der Waals surface area contributed by atoms with Crippen molar-refractivity contribution in [2.75, 3.05) is 12.4 Å². The average Bonchev–Trinajstić information content (AvgIpc) is 2.26. The summed E-state index contributed by atoms with van der Waals surface area (Å²) in [6.45, 7) is 6.34. The van der Waals surface area contributed by atoms with E-state index in [0.717, 1.165) is 17.0 Å². The quantitative estimate of drug-likeness (QED) is 0.775. The summed E-state index contributed by atoms with van der Waals surface area (Å²) in [5.74, 6) is 0.539.